The van der Waals surface area contributed by atoms with Gasteiger partial charge in [0.05, 0.1) is 17.3 Å². The first-order valence-corrected chi connectivity index (χ1v) is 5.78. The van der Waals surface area contributed by atoms with Gasteiger partial charge in [0, 0.05) is 5.56 Å². The van der Waals surface area contributed by atoms with Crippen molar-refractivity contribution in [1.29, 1.82) is 0 Å². The van der Waals surface area contributed by atoms with E-state index in [2.05, 4.69) is 10.2 Å². The Bertz CT molecular complexity index is 584. The number of esters is 1. The Morgan fingerprint density at radius 3 is 2.79 bits per heavy atom. The van der Waals surface area contributed by atoms with E-state index in [-0.39, 0.29) is 30.4 Å². The van der Waals surface area contributed by atoms with Gasteiger partial charge in [-0.3, -0.25) is 5.10 Å². The van der Waals surface area contributed by atoms with Crippen molar-refractivity contribution in [1.82, 2.24) is 10.2 Å². The van der Waals surface area contributed by atoms with Gasteiger partial charge in [0.15, 0.2) is 5.69 Å². The summed E-state index contributed by atoms with van der Waals surface area (Å²) in [6, 6.07) is 7.14. The van der Waals surface area contributed by atoms with Crippen molar-refractivity contribution >= 4 is 35.7 Å². The maximum absolute atomic E-state index is 11.6. The zero-order valence-corrected chi connectivity index (χ0v) is 11.7. The Balaban J connectivity index is 0.00000180. The average Bonchev–Trinajstić information content (AvgIpc) is 2.72. The fourth-order valence-corrected chi connectivity index (χ4v) is 1.79. The molecule has 2 rings (SSSR count). The number of aromatic nitrogens is 2. The molecule has 0 aliphatic carbocycles. The lowest BCUT2D eigenvalue weighted by Crippen LogP contribution is -2.07. The van der Waals surface area contributed by atoms with Crippen LogP contribution in [0.2, 0.25) is 5.02 Å². The molecule has 5 nitrogen and oxygen atoms in total. The third kappa shape index (κ3) is 3.00. The highest BCUT2D eigenvalue weighted by Crippen LogP contribution is 2.31. The highest BCUT2D eigenvalue weighted by molar-refractivity contribution is 6.33. The van der Waals surface area contributed by atoms with Gasteiger partial charge in [0.1, 0.15) is 5.69 Å². The molecule has 2 aromatic rings. The van der Waals surface area contributed by atoms with Gasteiger partial charge in [0.2, 0.25) is 0 Å². The number of nitrogens with zero attached hydrogens (tertiary/aromatic N) is 1. The number of benzene rings is 1. The van der Waals surface area contributed by atoms with E-state index in [9.17, 15) is 4.79 Å². The largest absolute Gasteiger partial charge is 0.461 e. The number of anilines is 1. The second-order valence-electron chi connectivity index (χ2n) is 3.56. The van der Waals surface area contributed by atoms with Gasteiger partial charge in [-0.1, -0.05) is 29.8 Å². The van der Waals surface area contributed by atoms with Gasteiger partial charge in [-0.2, -0.15) is 5.10 Å². The number of H-pyrrole nitrogens is 1. The van der Waals surface area contributed by atoms with Crippen LogP contribution in [0.3, 0.4) is 0 Å². The molecule has 19 heavy (non-hydrogen) atoms. The number of hydrogen-bond donors (Lipinski definition) is 2. The lowest BCUT2D eigenvalue weighted by Gasteiger charge is -2.02. The van der Waals surface area contributed by atoms with E-state index in [4.69, 9.17) is 22.1 Å². The molecule has 1 aromatic heterocycles. The topological polar surface area (TPSA) is 81.0 Å². The molecule has 0 amide bonds. The highest BCUT2D eigenvalue weighted by atomic mass is 35.5. The second-order valence-corrected chi connectivity index (χ2v) is 3.97. The lowest BCUT2D eigenvalue weighted by molar-refractivity contribution is 0.0520. The first kappa shape index (κ1) is 15.3. The molecule has 0 atom stereocenters. The van der Waals surface area contributed by atoms with Gasteiger partial charge >= 0.3 is 5.97 Å². The van der Waals surface area contributed by atoms with Crippen molar-refractivity contribution in [2.75, 3.05) is 12.3 Å². The number of halogens is 2. The van der Waals surface area contributed by atoms with Crippen molar-refractivity contribution < 1.29 is 9.53 Å². The molecule has 0 fully saturated rings. The van der Waals surface area contributed by atoms with E-state index in [1.807, 2.05) is 6.07 Å². The Morgan fingerprint density at radius 2 is 2.16 bits per heavy atom. The van der Waals surface area contributed by atoms with Crippen LogP contribution in [0.5, 0.6) is 0 Å². The number of aromatic amines is 1. The molecule has 0 radical (unpaired) electrons. The summed E-state index contributed by atoms with van der Waals surface area (Å²) in [5.74, 6) is -0.527. The monoisotopic (exact) mass is 301 g/mol. The first-order chi connectivity index (χ1) is 8.65. The number of rotatable bonds is 3. The fraction of sp³-hybridized carbons (Fsp3) is 0.167. The molecule has 0 saturated heterocycles. The van der Waals surface area contributed by atoms with E-state index in [1.54, 1.807) is 25.1 Å². The molecule has 0 aliphatic rings. The zero-order chi connectivity index (χ0) is 13.1. The van der Waals surface area contributed by atoms with Gasteiger partial charge in [-0.15, -0.1) is 12.4 Å². The van der Waals surface area contributed by atoms with Crippen molar-refractivity contribution in [2.24, 2.45) is 0 Å². The minimum atomic E-state index is -0.527. The number of carbonyl (C=O) groups excluding carboxylic acids is 1. The van der Waals surface area contributed by atoms with Crippen LogP contribution in [-0.2, 0) is 4.74 Å². The van der Waals surface area contributed by atoms with E-state index in [0.717, 1.165) is 0 Å². The minimum Gasteiger partial charge on any atom is -0.461 e. The van der Waals surface area contributed by atoms with Crippen molar-refractivity contribution in [3.8, 4) is 11.3 Å². The van der Waals surface area contributed by atoms with Gasteiger partial charge in [-0.05, 0) is 13.0 Å². The fourth-order valence-electron chi connectivity index (χ4n) is 1.57. The second kappa shape index (κ2) is 6.45. The van der Waals surface area contributed by atoms with E-state index in [0.29, 0.717) is 16.3 Å². The minimum absolute atomic E-state index is 0. The van der Waals surface area contributed by atoms with Crippen LogP contribution in [0.1, 0.15) is 17.4 Å². The highest BCUT2D eigenvalue weighted by Gasteiger charge is 2.19. The summed E-state index contributed by atoms with van der Waals surface area (Å²) in [6.07, 6.45) is 0. The summed E-state index contributed by atoms with van der Waals surface area (Å²) in [7, 11) is 0. The summed E-state index contributed by atoms with van der Waals surface area (Å²) >= 11 is 6.06. The van der Waals surface area contributed by atoms with Crippen LogP contribution in [0.4, 0.5) is 5.69 Å². The normalized spacial score (nSPS) is 9.79. The Kier molecular flexibility index (Phi) is 5.20. The third-order valence-electron chi connectivity index (χ3n) is 2.41. The number of ether oxygens (including phenoxy) is 1. The van der Waals surface area contributed by atoms with Crippen LogP contribution in [-0.4, -0.2) is 22.8 Å². The molecular weight excluding hydrogens is 289 g/mol. The van der Waals surface area contributed by atoms with Crippen LogP contribution in [0.25, 0.3) is 11.3 Å². The standard InChI is InChI=1S/C12H12ClN3O2.ClH/c1-2-18-12(17)11-9(14)10(15-16-11)7-5-3-4-6-8(7)13;/h3-6H,2,14H2,1H3,(H,15,16);1H. The predicted octanol–water partition coefficient (Wildman–Crippen LogP) is 2.91. The molecular formula is C12H13Cl2N3O2. The molecule has 0 saturated carbocycles. The molecule has 0 aliphatic heterocycles. The van der Waals surface area contributed by atoms with Gasteiger partial charge in [-0.25, -0.2) is 4.79 Å². The summed E-state index contributed by atoms with van der Waals surface area (Å²) in [5, 5.41) is 7.11. The van der Waals surface area contributed by atoms with Crippen molar-refractivity contribution in [3.63, 3.8) is 0 Å². The molecule has 1 aromatic carbocycles. The number of nitrogens with two attached hydrogens (primary N) is 1. The number of nitrogen functional groups attached to an aromatic ring is 1. The van der Waals surface area contributed by atoms with E-state index in [1.165, 1.54) is 0 Å². The molecule has 3 N–H and O–H groups in total. The van der Waals surface area contributed by atoms with Gasteiger partial charge < -0.3 is 10.5 Å². The Morgan fingerprint density at radius 1 is 1.47 bits per heavy atom. The maximum Gasteiger partial charge on any atom is 0.358 e. The quantitative estimate of drug-likeness (QED) is 0.854. The number of carbonyl (C=O) groups is 1. The summed E-state index contributed by atoms with van der Waals surface area (Å²) < 4.78 is 4.87. The molecule has 102 valence electrons. The zero-order valence-electron chi connectivity index (χ0n) is 10.1. The van der Waals surface area contributed by atoms with E-state index >= 15 is 0 Å². The first-order valence-electron chi connectivity index (χ1n) is 5.41. The summed E-state index contributed by atoms with van der Waals surface area (Å²) in [6.45, 7) is 2.00. The maximum atomic E-state index is 11.6. The van der Waals surface area contributed by atoms with Crippen LogP contribution < -0.4 is 5.73 Å². The number of hydrogen-bond acceptors (Lipinski definition) is 4. The van der Waals surface area contributed by atoms with Crippen molar-refractivity contribution in [3.05, 3.63) is 35.0 Å². The van der Waals surface area contributed by atoms with Crippen molar-refractivity contribution in [2.45, 2.75) is 6.92 Å². The Labute approximate surface area is 121 Å². The van der Waals surface area contributed by atoms with E-state index < -0.39 is 5.97 Å². The Hall–Kier alpha value is -1.72. The number of nitrogens with one attached hydrogen (secondary N) is 1. The summed E-state index contributed by atoms with van der Waals surface area (Å²) in [4.78, 5) is 11.6. The molecule has 1 heterocycles. The SMILES string of the molecule is CCOC(=O)c1[nH]nc(-c2ccccc2Cl)c1N.Cl. The predicted molar refractivity (Wildman–Crippen MR) is 76.7 cm³/mol. The lowest BCUT2D eigenvalue weighted by atomic mass is 10.1. The van der Waals surface area contributed by atoms with Crippen LogP contribution in [0, 0.1) is 0 Å². The molecule has 0 unspecified atom stereocenters. The van der Waals surface area contributed by atoms with Crippen LogP contribution >= 0.6 is 24.0 Å². The molecule has 0 spiro atoms. The summed E-state index contributed by atoms with van der Waals surface area (Å²) in [5.41, 5.74) is 7.38. The third-order valence-corrected chi connectivity index (χ3v) is 2.74. The van der Waals surface area contributed by atoms with Gasteiger partial charge in [0.25, 0.3) is 0 Å². The smallest absolute Gasteiger partial charge is 0.358 e. The molecule has 0 bridgehead atoms. The van der Waals surface area contributed by atoms with Crippen LogP contribution in [0.15, 0.2) is 24.3 Å². The average molecular weight is 302 g/mol. The molecule has 7 heteroatoms.